The second-order valence-corrected chi connectivity index (χ2v) is 15.3. The fourth-order valence-corrected chi connectivity index (χ4v) is 9.26. The lowest BCUT2D eigenvalue weighted by atomic mass is 9.82. The number of rotatable bonds is 6. The van der Waals surface area contributed by atoms with Crippen LogP contribution in [0.1, 0.15) is 25.0 Å². The summed E-state index contributed by atoms with van der Waals surface area (Å²) in [7, 11) is 0. The summed E-state index contributed by atoms with van der Waals surface area (Å²) < 4.78 is 16.3. The summed E-state index contributed by atoms with van der Waals surface area (Å²) in [5, 5.41) is 7.86. The van der Waals surface area contributed by atoms with E-state index in [1.165, 1.54) is 22.1 Å². The van der Waals surface area contributed by atoms with Gasteiger partial charge in [-0.2, -0.15) is 0 Å². The summed E-state index contributed by atoms with van der Waals surface area (Å²) in [5.74, 6) is 0.572. The Morgan fingerprint density at radius 3 is 1.80 bits per heavy atom. The topological polar surface area (TPSA) is 19.4 Å². The first-order valence-electron chi connectivity index (χ1n) is 19.2. The van der Waals surface area contributed by atoms with Crippen molar-refractivity contribution in [2.45, 2.75) is 19.3 Å². The molecule has 0 atom stereocenters. The first kappa shape index (κ1) is 32.4. The molecule has 10 aromatic rings. The number of hydrogen-bond donors (Lipinski definition) is 0. The van der Waals surface area contributed by atoms with Crippen LogP contribution < -0.4 is 9.80 Å². The van der Waals surface area contributed by atoms with Gasteiger partial charge in [0.15, 0.2) is 0 Å². The predicted molar refractivity (Wildman–Crippen MR) is 232 cm³/mol. The van der Waals surface area contributed by atoms with Crippen LogP contribution in [0.4, 0.5) is 38.6 Å². The van der Waals surface area contributed by atoms with Crippen molar-refractivity contribution in [2.24, 2.45) is 0 Å². The number of anilines is 6. The summed E-state index contributed by atoms with van der Waals surface area (Å²) in [6, 6.07) is 62.9. The van der Waals surface area contributed by atoms with E-state index in [2.05, 4.69) is 163 Å². The van der Waals surface area contributed by atoms with E-state index in [4.69, 9.17) is 4.98 Å². The minimum atomic E-state index is -0.273. The van der Waals surface area contributed by atoms with Crippen molar-refractivity contribution >= 4 is 77.5 Å². The molecule has 1 heterocycles. The maximum absolute atomic E-state index is 16.3. The van der Waals surface area contributed by atoms with Crippen molar-refractivity contribution in [1.29, 1.82) is 0 Å². The van der Waals surface area contributed by atoms with Gasteiger partial charge in [-0.3, -0.25) is 4.90 Å². The Kier molecular flexibility index (Phi) is 7.08. The molecule has 266 valence electrons. The Balaban J connectivity index is 1.19. The van der Waals surface area contributed by atoms with Gasteiger partial charge in [-0.05, 0) is 98.9 Å². The van der Waals surface area contributed by atoms with E-state index in [-0.39, 0.29) is 11.2 Å². The van der Waals surface area contributed by atoms with E-state index < -0.39 is 0 Å². The minimum absolute atomic E-state index is 0.202. The normalized spacial score (nSPS) is 13.1. The zero-order chi connectivity index (χ0) is 37.5. The number of nitrogens with zero attached hydrogens (tertiary/aromatic N) is 3. The fourth-order valence-electron chi connectivity index (χ4n) is 9.26. The van der Waals surface area contributed by atoms with Crippen LogP contribution in [0.15, 0.2) is 182 Å². The standard InChI is InChI=1S/C52H36FN3/c1-52(2)40-17-8-7-16-37(40)51-41(52)18-12-22-47(51)56(46-21-11-9-19-42(46)53)45-31-26-35-23-28-38-44(30-25-34-24-29-39(45)50(35)49(34)38)55(36-14-4-3-5-15-36)48-32-27-33-13-6-10-20-43(33)54-48/h3-32H,1-2H3. The van der Waals surface area contributed by atoms with E-state index in [9.17, 15) is 0 Å². The molecule has 11 rings (SSSR count). The summed E-state index contributed by atoms with van der Waals surface area (Å²) in [6.07, 6.45) is 0. The van der Waals surface area contributed by atoms with Crippen molar-refractivity contribution in [3.05, 3.63) is 199 Å². The maximum Gasteiger partial charge on any atom is 0.147 e. The summed E-state index contributed by atoms with van der Waals surface area (Å²) in [5.41, 5.74) is 10.1. The quantitative estimate of drug-likeness (QED) is 0.159. The molecule has 4 heteroatoms. The van der Waals surface area contributed by atoms with Crippen LogP contribution in [0.5, 0.6) is 0 Å². The number of hydrogen-bond acceptors (Lipinski definition) is 3. The number of halogens is 1. The van der Waals surface area contributed by atoms with Crippen molar-refractivity contribution in [3.8, 4) is 11.1 Å². The Bertz CT molecular complexity index is 3150. The highest BCUT2D eigenvalue weighted by molar-refractivity contribution is 6.28. The van der Waals surface area contributed by atoms with Crippen molar-refractivity contribution in [3.63, 3.8) is 0 Å². The van der Waals surface area contributed by atoms with Gasteiger partial charge >= 0.3 is 0 Å². The molecule has 3 nitrogen and oxygen atoms in total. The zero-order valence-electron chi connectivity index (χ0n) is 31.0. The minimum Gasteiger partial charge on any atom is -0.306 e. The Labute approximate surface area is 324 Å². The van der Waals surface area contributed by atoms with Crippen LogP contribution in [0.25, 0.3) is 54.3 Å². The molecule has 0 radical (unpaired) electrons. The van der Waals surface area contributed by atoms with E-state index in [1.54, 1.807) is 12.1 Å². The zero-order valence-corrected chi connectivity index (χ0v) is 31.0. The van der Waals surface area contributed by atoms with Crippen LogP contribution in [-0.2, 0) is 5.41 Å². The number of pyridine rings is 1. The van der Waals surface area contributed by atoms with Crippen molar-refractivity contribution < 1.29 is 4.39 Å². The van der Waals surface area contributed by atoms with Gasteiger partial charge in [0.2, 0.25) is 0 Å². The molecule has 1 aromatic heterocycles. The molecule has 1 aliphatic rings. The summed E-state index contributed by atoms with van der Waals surface area (Å²) in [4.78, 5) is 9.60. The molecule has 0 aliphatic heterocycles. The van der Waals surface area contributed by atoms with Crippen LogP contribution >= 0.6 is 0 Å². The van der Waals surface area contributed by atoms with Gasteiger partial charge in [0, 0.05) is 32.8 Å². The molecule has 1 aliphatic carbocycles. The third-order valence-electron chi connectivity index (χ3n) is 11.8. The highest BCUT2D eigenvalue weighted by atomic mass is 19.1. The molecule has 56 heavy (non-hydrogen) atoms. The lowest BCUT2D eigenvalue weighted by Crippen LogP contribution is -2.16. The Morgan fingerprint density at radius 2 is 1.04 bits per heavy atom. The van der Waals surface area contributed by atoms with Gasteiger partial charge in [0.25, 0.3) is 0 Å². The highest BCUT2D eigenvalue weighted by Crippen LogP contribution is 2.55. The first-order valence-corrected chi connectivity index (χ1v) is 19.2. The van der Waals surface area contributed by atoms with Gasteiger partial charge in [-0.25, -0.2) is 9.37 Å². The first-order chi connectivity index (χ1) is 27.5. The number of aromatic nitrogens is 1. The average molecular weight is 722 g/mol. The second-order valence-electron chi connectivity index (χ2n) is 15.3. The van der Waals surface area contributed by atoms with Crippen LogP contribution in [0, 0.1) is 5.82 Å². The highest BCUT2D eigenvalue weighted by Gasteiger charge is 2.38. The monoisotopic (exact) mass is 721 g/mol. The van der Waals surface area contributed by atoms with Crippen molar-refractivity contribution in [2.75, 3.05) is 9.80 Å². The molecular formula is C52H36FN3. The molecule has 0 unspecified atom stereocenters. The van der Waals surface area contributed by atoms with E-state index in [0.717, 1.165) is 72.0 Å². The molecule has 0 fully saturated rings. The third-order valence-corrected chi connectivity index (χ3v) is 11.8. The maximum atomic E-state index is 16.3. The van der Waals surface area contributed by atoms with Gasteiger partial charge in [-0.15, -0.1) is 0 Å². The molecular weight excluding hydrogens is 686 g/mol. The SMILES string of the molecule is CC1(C)c2ccccc2-c2c(N(c3ccccc3F)c3ccc4ccc5c(N(c6ccccc6)c6ccc7ccccc7n6)ccc6ccc3c4c65)cccc21. The molecule has 0 N–H and O–H groups in total. The Morgan fingerprint density at radius 1 is 0.446 bits per heavy atom. The predicted octanol–water partition coefficient (Wildman–Crippen LogP) is 14.5. The van der Waals surface area contributed by atoms with E-state index in [0.29, 0.717) is 5.69 Å². The molecule has 0 amide bonds. The Hall–Kier alpha value is -7.04. The molecule has 0 spiro atoms. The molecule has 9 aromatic carbocycles. The number of fused-ring (bicyclic) bond motifs is 4. The largest absolute Gasteiger partial charge is 0.306 e. The average Bonchev–Trinajstić information content (AvgIpc) is 3.48. The van der Waals surface area contributed by atoms with Crippen LogP contribution in [0.2, 0.25) is 0 Å². The lowest BCUT2D eigenvalue weighted by Gasteiger charge is -2.31. The number of para-hydroxylation sites is 3. The third kappa shape index (κ3) is 4.72. The second kappa shape index (κ2) is 12.2. The van der Waals surface area contributed by atoms with Gasteiger partial charge in [-0.1, -0.05) is 135 Å². The number of benzene rings is 9. The smallest absolute Gasteiger partial charge is 0.147 e. The summed E-state index contributed by atoms with van der Waals surface area (Å²) >= 11 is 0. The lowest BCUT2D eigenvalue weighted by molar-refractivity contribution is 0.629. The molecule has 0 saturated carbocycles. The van der Waals surface area contributed by atoms with Crippen molar-refractivity contribution in [1.82, 2.24) is 4.98 Å². The van der Waals surface area contributed by atoms with Crippen LogP contribution in [-0.4, -0.2) is 4.98 Å². The molecule has 0 saturated heterocycles. The van der Waals surface area contributed by atoms with Gasteiger partial charge in [0.05, 0.1) is 28.3 Å². The summed E-state index contributed by atoms with van der Waals surface area (Å²) in [6.45, 7) is 4.57. The molecule has 0 bridgehead atoms. The van der Waals surface area contributed by atoms with Gasteiger partial charge < -0.3 is 4.90 Å². The van der Waals surface area contributed by atoms with E-state index in [1.807, 2.05) is 30.3 Å². The van der Waals surface area contributed by atoms with Crippen LogP contribution in [0.3, 0.4) is 0 Å². The van der Waals surface area contributed by atoms with Gasteiger partial charge in [0.1, 0.15) is 11.6 Å². The van der Waals surface area contributed by atoms with E-state index >= 15 is 4.39 Å². The fraction of sp³-hybridized carbons (Fsp3) is 0.0577.